The Kier molecular flexibility index (Phi) is 2.88. The molecular weight excluding hydrogens is 200 g/mol. The van der Waals surface area contributed by atoms with Crippen LogP contribution >= 0.6 is 0 Å². The van der Waals surface area contributed by atoms with Gasteiger partial charge < -0.3 is 14.6 Å². The Bertz CT molecular complexity index is 317. The first-order valence-corrected chi connectivity index (χ1v) is 4.48. The summed E-state index contributed by atoms with van der Waals surface area (Å²) in [4.78, 5) is 21.9. The van der Waals surface area contributed by atoms with Gasteiger partial charge in [0.25, 0.3) is 0 Å². The third-order valence-electron chi connectivity index (χ3n) is 1.57. The van der Waals surface area contributed by atoms with Crippen LogP contribution in [-0.2, 0) is 9.53 Å². The highest BCUT2D eigenvalue weighted by atomic mass is 16.6. The van der Waals surface area contributed by atoms with Gasteiger partial charge in [-0.2, -0.15) is 0 Å². The van der Waals surface area contributed by atoms with Gasteiger partial charge in [0.2, 0.25) is 0 Å². The van der Waals surface area contributed by atoms with Gasteiger partial charge in [0, 0.05) is 0 Å². The zero-order chi connectivity index (χ0) is 11.6. The molecule has 0 aromatic heterocycles. The molecule has 0 fully saturated rings. The summed E-state index contributed by atoms with van der Waals surface area (Å²) >= 11 is 0. The number of ether oxygens (including phenoxy) is 1. The van der Waals surface area contributed by atoms with Crippen LogP contribution in [0, 0.1) is 0 Å². The minimum absolute atomic E-state index is 0.124. The molecule has 0 unspecified atom stereocenters. The quantitative estimate of drug-likeness (QED) is 0.627. The molecule has 1 amide bonds. The Morgan fingerprint density at radius 2 is 2.13 bits per heavy atom. The molecule has 0 radical (unpaired) electrons. The molecule has 0 spiro atoms. The van der Waals surface area contributed by atoms with E-state index in [0.29, 0.717) is 0 Å². The number of carbonyl (C=O) groups is 2. The smallest absolute Gasteiger partial charge is 0.429 e. The number of hydrazine groups is 1. The van der Waals surface area contributed by atoms with Gasteiger partial charge in [-0.25, -0.2) is 9.80 Å². The van der Waals surface area contributed by atoms with E-state index in [1.807, 2.05) is 0 Å². The average Bonchev–Trinajstić information content (AvgIpc) is 2.47. The summed E-state index contributed by atoms with van der Waals surface area (Å²) in [5.41, 5.74) is 1.64. The van der Waals surface area contributed by atoms with Gasteiger partial charge in [-0.1, -0.05) is 0 Å². The van der Waals surface area contributed by atoms with Gasteiger partial charge in [0.1, 0.15) is 5.60 Å². The molecule has 6 nitrogen and oxygen atoms in total. The second-order valence-electron chi connectivity index (χ2n) is 4.11. The van der Waals surface area contributed by atoms with Crippen LogP contribution in [0.1, 0.15) is 20.8 Å². The molecule has 0 bridgehead atoms. The van der Waals surface area contributed by atoms with Crippen LogP contribution in [0.3, 0.4) is 0 Å². The topological polar surface area (TPSA) is 81.7 Å². The summed E-state index contributed by atoms with van der Waals surface area (Å²) < 4.78 is 5.03. The monoisotopic (exact) mass is 213 g/mol. The van der Waals surface area contributed by atoms with Gasteiger partial charge in [-0.05, 0) is 26.8 Å². The number of amides is 1. The maximum atomic E-state index is 11.4. The number of nitrogens with zero attached hydrogens (tertiary/aromatic N) is 1. The van der Waals surface area contributed by atoms with Crippen LogP contribution in [-0.4, -0.2) is 29.2 Å². The van der Waals surface area contributed by atoms with E-state index in [1.54, 1.807) is 20.8 Å². The Hall–Kier alpha value is -1.72. The van der Waals surface area contributed by atoms with Gasteiger partial charge in [0.15, 0.2) is 0 Å². The van der Waals surface area contributed by atoms with E-state index < -0.39 is 17.7 Å². The predicted molar refractivity (Wildman–Crippen MR) is 49.2 cm³/mol. The van der Waals surface area contributed by atoms with Gasteiger partial charge in [0.05, 0.1) is 18.2 Å². The summed E-state index contributed by atoms with van der Waals surface area (Å²) in [5, 5.41) is 11.5. The van der Waals surface area contributed by atoms with Crippen molar-refractivity contribution in [3.8, 4) is 0 Å². The maximum absolute atomic E-state index is 11.4. The van der Waals surface area contributed by atoms with Crippen molar-refractivity contribution in [2.75, 3.05) is 6.54 Å². The van der Waals surface area contributed by atoms with Crippen LogP contribution < -0.4 is 10.5 Å². The summed E-state index contributed by atoms with van der Waals surface area (Å²) in [6, 6.07) is 0. The first kappa shape index (κ1) is 11.4. The van der Waals surface area contributed by atoms with Crippen molar-refractivity contribution in [3.05, 3.63) is 11.8 Å². The van der Waals surface area contributed by atoms with Gasteiger partial charge in [-0.3, -0.25) is 5.43 Å². The SMILES string of the molecule is CC(C)(C)OC(=O)N1CC=C(C(=O)[O-])N1. The lowest BCUT2D eigenvalue weighted by Crippen LogP contribution is -2.44. The highest BCUT2D eigenvalue weighted by molar-refractivity contribution is 5.85. The standard InChI is InChI=1S/C9H14N2O4/c1-9(2,3)15-8(14)11-5-4-6(10-11)7(12)13/h4,10H,5H2,1-3H3,(H,12,13)/p-1. The molecule has 1 rings (SSSR count). The van der Waals surface area contributed by atoms with E-state index in [1.165, 1.54) is 6.08 Å². The van der Waals surface area contributed by atoms with Gasteiger partial charge >= 0.3 is 6.09 Å². The Balaban J connectivity index is 2.50. The summed E-state index contributed by atoms with van der Waals surface area (Å²) in [6.45, 7) is 5.34. The maximum Gasteiger partial charge on any atom is 0.429 e. The molecule has 1 N–H and O–H groups in total. The van der Waals surface area contributed by atoms with E-state index in [4.69, 9.17) is 4.74 Å². The third-order valence-corrected chi connectivity index (χ3v) is 1.57. The summed E-state index contributed by atoms with van der Waals surface area (Å²) in [6.07, 6.45) is 0.731. The Morgan fingerprint density at radius 3 is 2.53 bits per heavy atom. The number of aliphatic carboxylic acids is 1. The Morgan fingerprint density at radius 1 is 1.53 bits per heavy atom. The number of nitrogens with one attached hydrogen (secondary N) is 1. The van der Waals surface area contributed by atoms with Crippen molar-refractivity contribution in [2.24, 2.45) is 0 Å². The second-order valence-corrected chi connectivity index (χ2v) is 4.11. The molecule has 0 aliphatic carbocycles. The number of hydrogen-bond acceptors (Lipinski definition) is 5. The number of carbonyl (C=O) groups excluding carboxylic acids is 2. The van der Waals surface area contributed by atoms with E-state index in [0.717, 1.165) is 5.01 Å². The lowest BCUT2D eigenvalue weighted by molar-refractivity contribution is -0.300. The van der Waals surface area contributed by atoms with Gasteiger partial charge in [-0.15, -0.1) is 0 Å². The highest BCUT2D eigenvalue weighted by Crippen LogP contribution is 2.11. The van der Waals surface area contributed by atoms with Crippen LogP contribution in [0.4, 0.5) is 4.79 Å². The second kappa shape index (κ2) is 3.80. The minimum atomic E-state index is -1.35. The Labute approximate surface area is 87.5 Å². The number of carboxylic acids is 1. The molecule has 6 heteroatoms. The number of hydrogen-bond donors (Lipinski definition) is 1. The van der Waals surface area contributed by atoms with Crippen molar-refractivity contribution < 1.29 is 19.4 Å². The van der Waals surface area contributed by atoms with Crippen molar-refractivity contribution in [2.45, 2.75) is 26.4 Å². The first-order valence-electron chi connectivity index (χ1n) is 4.48. The molecular formula is C9H13N2O4-. The zero-order valence-corrected chi connectivity index (χ0v) is 8.86. The zero-order valence-electron chi connectivity index (χ0n) is 8.86. The highest BCUT2D eigenvalue weighted by Gasteiger charge is 2.25. The molecule has 0 aromatic rings. The van der Waals surface area contributed by atoms with Crippen molar-refractivity contribution >= 4 is 12.1 Å². The van der Waals surface area contributed by atoms with Crippen molar-refractivity contribution in [3.63, 3.8) is 0 Å². The van der Waals surface area contributed by atoms with Crippen molar-refractivity contribution in [1.29, 1.82) is 0 Å². The molecule has 0 saturated heterocycles. The fourth-order valence-corrected chi connectivity index (χ4v) is 0.985. The number of carboxylic acid groups (broad SMARTS) is 1. The lowest BCUT2D eigenvalue weighted by Gasteiger charge is -2.24. The molecule has 1 aliphatic rings. The molecule has 1 aliphatic heterocycles. The fraction of sp³-hybridized carbons (Fsp3) is 0.556. The first-order chi connectivity index (χ1) is 6.79. The summed E-state index contributed by atoms with van der Waals surface area (Å²) in [7, 11) is 0. The predicted octanol–water partition coefficient (Wildman–Crippen LogP) is -0.624. The molecule has 0 atom stereocenters. The lowest BCUT2D eigenvalue weighted by atomic mass is 10.2. The average molecular weight is 213 g/mol. The normalized spacial score (nSPS) is 15.7. The van der Waals surface area contributed by atoms with Crippen molar-refractivity contribution in [1.82, 2.24) is 10.4 Å². The largest absolute Gasteiger partial charge is 0.543 e. The molecule has 15 heavy (non-hydrogen) atoms. The van der Waals surface area contributed by atoms with E-state index in [-0.39, 0.29) is 12.2 Å². The van der Waals surface area contributed by atoms with Crippen LogP contribution in [0.5, 0.6) is 0 Å². The van der Waals surface area contributed by atoms with Crippen LogP contribution in [0.15, 0.2) is 11.8 Å². The summed E-state index contributed by atoms with van der Waals surface area (Å²) in [5.74, 6) is -1.35. The van der Waals surface area contributed by atoms with E-state index >= 15 is 0 Å². The molecule has 0 saturated carbocycles. The van der Waals surface area contributed by atoms with E-state index in [9.17, 15) is 14.7 Å². The molecule has 1 heterocycles. The van der Waals surface area contributed by atoms with Crippen LogP contribution in [0.2, 0.25) is 0 Å². The molecule has 0 aromatic carbocycles. The van der Waals surface area contributed by atoms with E-state index in [2.05, 4.69) is 5.43 Å². The molecule has 84 valence electrons. The number of rotatable bonds is 1. The minimum Gasteiger partial charge on any atom is -0.543 e. The third kappa shape index (κ3) is 3.16. The fourth-order valence-electron chi connectivity index (χ4n) is 0.985. The van der Waals surface area contributed by atoms with Crippen LogP contribution in [0.25, 0.3) is 0 Å².